The van der Waals surface area contributed by atoms with Gasteiger partial charge in [-0.1, -0.05) is 91.0 Å². The predicted octanol–water partition coefficient (Wildman–Crippen LogP) is 21.9. The fraction of sp³-hybridized carbons (Fsp3) is 0.0594. The standard InChI is InChI=1S/C27H19FN4.C26H27FN6O.C14H10BrFN4.C14H9BrFN3.C14H11FN4.C6H4BrNO/c28-23-12-7-13-24(17-23)32-19-29-18-25(32)22-14-15-30-26(16-22)31-27(20-8-3-1-4-9-20)21-10-5-2-6-11-21;1-31-8-10-32(11-9-31)19-6-7-21(25(13-19)34-2)23-15-30-26(28)14-22(23)24-16-29-17-33(24)20-5-3-4-18(27)12-20;15-12-6-19-14(17)5-11(12)13-7-18-8-20(13)10-3-1-2-9(16)4-10;15-14-6-10(4-5-18-14)13-8-17-9-19(13)12-3-1-2-11(16)7-12;15-11-2-1-3-12(7-11)19-9-17-8-13(19)10-4-5-18-14(16)6-10;7-6-3-5(4-9)1-2-8-6/h1-19H;3-7,12-17H,8-11H2,1-2H3,(H2,28,30);1-8H,(H2,17,19);1-9H;1-9H,(H2,16,18);1-4H. The largest absolute Gasteiger partial charge is 0.496 e. The molecule has 0 bridgehead atoms. The summed E-state index contributed by atoms with van der Waals surface area (Å²) < 4.78 is 84.8. The van der Waals surface area contributed by atoms with Crippen LogP contribution in [0.3, 0.4) is 0 Å². The number of carbonyl (C=O) groups excluding carboxylic acids is 1. The maximum absolute atomic E-state index is 13.9. The average Bonchev–Trinajstić information content (AvgIpc) is 1.71. The summed E-state index contributed by atoms with van der Waals surface area (Å²) in [5.74, 6) is 1.11. The number of nitrogens with zero attached hydrogens (tertiary/aromatic N) is 19. The zero-order chi connectivity index (χ0) is 92.7. The number of piperazine rings is 1. The number of carbonyl (C=O) groups is 1. The lowest BCUT2D eigenvalue weighted by atomic mass is 9.98. The number of imidazole rings is 5. The van der Waals surface area contributed by atoms with Gasteiger partial charge in [0.1, 0.15) is 67.8 Å². The van der Waals surface area contributed by atoms with E-state index in [0.29, 0.717) is 56.2 Å². The van der Waals surface area contributed by atoms with Crippen LogP contribution < -0.4 is 26.8 Å². The van der Waals surface area contributed by atoms with Gasteiger partial charge in [0.2, 0.25) is 0 Å². The van der Waals surface area contributed by atoms with Crippen LogP contribution in [-0.4, -0.2) is 135 Å². The lowest BCUT2D eigenvalue weighted by Gasteiger charge is -2.34. The molecule has 8 aromatic carbocycles. The molecule has 20 rings (SSSR count). The first-order chi connectivity index (χ1) is 64.8. The molecule has 19 aromatic rings. The van der Waals surface area contributed by atoms with E-state index in [-0.39, 0.29) is 29.1 Å². The first-order valence-electron chi connectivity index (χ1n) is 41.0. The summed E-state index contributed by atoms with van der Waals surface area (Å²) in [5, 5.41) is 0. The van der Waals surface area contributed by atoms with Crippen LogP contribution in [0.15, 0.2) is 379 Å². The molecule has 0 radical (unpaired) electrons. The first-order valence-corrected chi connectivity index (χ1v) is 43.4. The number of anilines is 4. The fourth-order valence-electron chi connectivity index (χ4n) is 14.3. The monoisotopic (exact) mass is 1960 g/mol. The van der Waals surface area contributed by atoms with Gasteiger partial charge in [-0.2, -0.15) is 0 Å². The molecule has 12 heterocycles. The normalized spacial score (nSPS) is 11.5. The van der Waals surface area contributed by atoms with Crippen molar-refractivity contribution in [2.45, 2.75) is 0 Å². The molecule has 32 heteroatoms. The van der Waals surface area contributed by atoms with Crippen LogP contribution in [0.2, 0.25) is 0 Å². The highest BCUT2D eigenvalue weighted by Gasteiger charge is 2.23. The third-order valence-corrected chi connectivity index (χ3v) is 22.2. The van der Waals surface area contributed by atoms with E-state index < -0.39 is 0 Å². The summed E-state index contributed by atoms with van der Waals surface area (Å²) in [4.78, 5) is 65.4. The molecule has 11 aromatic heterocycles. The second kappa shape index (κ2) is 43.9. The smallest absolute Gasteiger partial charge is 0.153 e. The van der Waals surface area contributed by atoms with Crippen molar-refractivity contribution in [1.82, 2.24) is 82.6 Å². The molecule has 1 aliphatic rings. The number of nitrogen functional groups attached to an aromatic ring is 3. The molecular formula is C101H80Br3F5N22O2. The van der Waals surface area contributed by atoms with Gasteiger partial charge in [-0.05, 0) is 219 Å². The van der Waals surface area contributed by atoms with Gasteiger partial charge < -0.3 is 31.7 Å². The minimum absolute atomic E-state index is 0.270. The van der Waals surface area contributed by atoms with Gasteiger partial charge in [0.05, 0.1) is 132 Å². The van der Waals surface area contributed by atoms with Crippen LogP contribution in [0.25, 0.3) is 95.9 Å². The Bertz CT molecular complexity index is 6940. The van der Waals surface area contributed by atoms with Gasteiger partial charge in [-0.15, -0.1) is 0 Å². The first kappa shape index (κ1) is 91.8. The van der Waals surface area contributed by atoms with Crippen molar-refractivity contribution in [3.63, 3.8) is 0 Å². The maximum atomic E-state index is 13.9. The van der Waals surface area contributed by atoms with Crippen molar-refractivity contribution >= 4 is 88.7 Å². The van der Waals surface area contributed by atoms with Crippen LogP contribution in [0.1, 0.15) is 21.5 Å². The summed E-state index contributed by atoms with van der Waals surface area (Å²) in [6.07, 6.45) is 27.7. The molecule has 1 saturated heterocycles. The lowest BCUT2D eigenvalue weighted by Crippen LogP contribution is -2.44. The quantitative estimate of drug-likeness (QED) is 0.0330. The van der Waals surface area contributed by atoms with E-state index in [0.717, 1.165) is 143 Å². The van der Waals surface area contributed by atoms with Crippen LogP contribution >= 0.6 is 47.8 Å². The Morgan fingerprint density at radius 1 is 0.361 bits per heavy atom. The molecule has 0 atom stereocenters. The highest BCUT2D eigenvalue weighted by molar-refractivity contribution is 9.11. The summed E-state index contributed by atoms with van der Waals surface area (Å²) in [5.41, 5.74) is 35.9. The zero-order valence-electron chi connectivity index (χ0n) is 71.0. The second-order valence-electron chi connectivity index (χ2n) is 29.5. The van der Waals surface area contributed by atoms with E-state index in [1.807, 2.05) is 141 Å². The van der Waals surface area contributed by atoms with Gasteiger partial charge in [-0.3, -0.25) is 27.6 Å². The maximum Gasteiger partial charge on any atom is 0.153 e. The summed E-state index contributed by atoms with van der Waals surface area (Å²) in [7, 11) is 3.82. The molecule has 0 amide bonds. The van der Waals surface area contributed by atoms with Gasteiger partial charge >= 0.3 is 0 Å². The Kier molecular flexibility index (Phi) is 30.3. The number of halogens is 8. The molecule has 1 aliphatic heterocycles. The molecule has 1 fully saturated rings. The number of aromatic nitrogens is 16. The van der Waals surface area contributed by atoms with Gasteiger partial charge in [0.25, 0.3) is 0 Å². The van der Waals surface area contributed by atoms with Crippen molar-refractivity contribution in [3.8, 4) is 102 Å². The number of rotatable bonds is 17. The number of ether oxygens (including phenoxy) is 1. The lowest BCUT2D eigenvalue weighted by molar-refractivity contribution is 0.112. The molecule has 133 heavy (non-hydrogen) atoms. The van der Waals surface area contributed by atoms with E-state index in [1.165, 1.54) is 60.7 Å². The fourth-order valence-corrected chi connectivity index (χ4v) is 15.5. The number of aldehydes is 1. The van der Waals surface area contributed by atoms with Crippen LogP contribution in [0.5, 0.6) is 5.75 Å². The van der Waals surface area contributed by atoms with E-state index in [1.54, 1.807) is 171 Å². The third-order valence-electron chi connectivity index (χ3n) is 20.7. The Morgan fingerprint density at radius 3 is 1.20 bits per heavy atom. The SMILES string of the molecule is COc1cc(N2CCN(C)CC2)ccc1-c1cnc(N)cc1-c1cncn1-c1cccc(F)c1.Fc1cccc(-n2cncc2-c2ccnc(Br)c2)c1.Fc1cccc(-n2cncc2-c2ccnc(N=C(c3ccccc3)c3ccccc3)c2)c1.Nc1cc(-c2cncn2-c2cccc(F)c2)c(Br)cn1.Nc1cc(-c2cncn2-c2cccc(F)c2)ccn1.O=Cc1ccnc(Br)c1. The zero-order valence-corrected chi connectivity index (χ0v) is 75.8. The number of benzene rings is 8. The number of nitrogens with two attached hydrogens (primary N) is 3. The van der Waals surface area contributed by atoms with Crippen molar-refractivity contribution in [3.05, 3.63) is 420 Å². The topological polar surface area (TPSA) is 290 Å². The van der Waals surface area contributed by atoms with Crippen molar-refractivity contribution in [2.24, 2.45) is 4.99 Å². The van der Waals surface area contributed by atoms with Crippen LogP contribution in [0.4, 0.5) is 50.9 Å². The molecule has 662 valence electrons. The minimum atomic E-state index is -0.312. The van der Waals surface area contributed by atoms with Crippen molar-refractivity contribution in [1.29, 1.82) is 0 Å². The number of aliphatic imine (C=N–C) groups is 1. The number of hydrogen-bond acceptors (Lipinski definition) is 19. The molecule has 0 saturated carbocycles. The summed E-state index contributed by atoms with van der Waals surface area (Å²) >= 11 is 9.91. The molecule has 0 aliphatic carbocycles. The highest BCUT2D eigenvalue weighted by atomic mass is 79.9. The highest BCUT2D eigenvalue weighted by Crippen LogP contribution is 2.41. The Balaban J connectivity index is 0.000000126. The van der Waals surface area contributed by atoms with Gasteiger partial charge in [-0.25, -0.2) is 81.8 Å². The van der Waals surface area contributed by atoms with Crippen molar-refractivity contribution in [2.75, 3.05) is 62.4 Å². The second-order valence-corrected chi connectivity index (χ2v) is 32.0. The molecule has 6 N–H and O–H groups in total. The predicted molar refractivity (Wildman–Crippen MR) is 520 cm³/mol. The molecule has 24 nitrogen and oxygen atoms in total. The summed E-state index contributed by atoms with van der Waals surface area (Å²) in [6, 6.07) is 76.3. The van der Waals surface area contributed by atoms with E-state index in [9.17, 15) is 26.7 Å². The number of methoxy groups -OCH3 is 1. The molecule has 0 spiro atoms. The Morgan fingerprint density at radius 2 is 0.759 bits per heavy atom. The van der Waals surface area contributed by atoms with Gasteiger partial charge in [0.15, 0.2) is 5.82 Å². The Hall–Kier alpha value is -15.9. The van der Waals surface area contributed by atoms with E-state index in [2.05, 4.69) is 138 Å². The van der Waals surface area contributed by atoms with E-state index in [4.69, 9.17) is 26.9 Å². The average molecular weight is 1970 g/mol. The van der Waals surface area contributed by atoms with Crippen LogP contribution in [-0.2, 0) is 0 Å². The Labute approximate surface area is 786 Å². The third kappa shape index (κ3) is 23.6. The van der Waals surface area contributed by atoms with E-state index >= 15 is 0 Å². The van der Waals surface area contributed by atoms with Crippen molar-refractivity contribution < 1.29 is 31.5 Å². The van der Waals surface area contributed by atoms with Crippen LogP contribution in [0, 0.1) is 29.1 Å². The number of pyridine rings is 6. The number of hydrogen-bond donors (Lipinski definition) is 3. The minimum Gasteiger partial charge on any atom is -0.496 e. The summed E-state index contributed by atoms with van der Waals surface area (Å²) in [6.45, 7) is 4.00. The number of likely N-dealkylation sites (N-methyl/N-ethyl adjacent to an activating group) is 1. The van der Waals surface area contributed by atoms with Gasteiger partial charge in [0, 0.05) is 135 Å². The molecular weight excluding hydrogens is 1890 g/mol. The molecule has 0 unspecified atom stereocenters.